The molecule has 0 amide bonds. The molecule has 3 rings (SSSR count). The van der Waals surface area contributed by atoms with E-state index in [0.29, 0.717) is 17.2 Å². The number of rotatable bonds is 5. The van der Waals surface area contributed by atoms with E-state index in [1.807, 2.05) is 36.4 Å². The minimum Gasteiger partial charge on any atom is -0.493 e. The van der Waals surface area contributed by atoms with Gasteiger partial charge in [0.25, 0.3) is 0 Å². The van der Waals surface area contributed by atoms with Crippen molar-refractivity contribution < 1.29 is 14.3 Å². The van der Waals surface area contributed by atoms with Crippen LogP contribution in [0.1, 0.15) is 11.1 Å². The maximum Gasteiger partial charge on any atom is 0.244 e. The molecule has 0 aromatic heterocycles. The molecule has 1 aliphatic rings. The van der Waals surface area contributed by atoms with Crippen molar-refractivity contribution in [3.63, 3.8) is 0 Å². The fraction of sp³-hybridized carbons (Fsp3) is 0.158. The fourth-order valence-electron chi connectivity index (χ4n) is 2.34. The number of hydrogen-bond acceptors (Lipinski definition) is 6. The molecule has 0 bridgehead atoms. The van der Waals surface area contributed by atoms with E-state index >= 15 is 0 Å². The molecule has 0 spiro atoms. The molecular formula is C19H17NO3S2. The number of hydrogen-bond donors (Lipinski definition) is 0. The quantitative estimate of drug-likeness (QED) is 0.719. The summed E-state index contributed by atoms with van der Waals surface area (Å²) < 4.78 is 11.5. The normalized spacial score (nSPS) is 15.4. The van der Waals surface area contributed by atoms with Crippen molar-refractivity contribution in [2.75, 3.05) is 14.2 Å². The van der Waals surface area contributed by atoms with Crippen LogP contribution < -0.4 is 9.47 Å². The highest BCUT2D eigenvalue weighted by Gasteiger charge is 2.23. The fourth-order valence-corrected chi connectivity index (χ4v) is 4.14. The Hall–Kier alpha value is -2.18. The van der Waals surface area contributed by atoms with Crippen molar-refractivity contribution in [3.8, 4) is 11.5 Å². The van der Waals surface area contributed by atoms with Gasteiger partial charge in [0.15, 0.2) is 11.5 Å². The van der Waals surface area contributed by atoms with Gasteiger partial charge in [-0.25, -0.2) is 4.99 Å². The van der Waals surface area contributed by atoms with Crippen LogP contribution in [-0.2, 0) is 10.5 Å². The predicted molar refractivity (Wildman–Crippen MR) is 105 cm³/mol. The van der Waals surface area contributed by atoms with Gasteiger partial charge in [-0.1, -0.05) is 54.2 Å². The van der Waals surface area contributed by atoms with E-state index in [-0.39, 0.29) is 5.12 Å². The number of thioether (sulfide) groups is 2. The van der Waals surface area contributed by atoms with Gasteiger partial charge in [0.1, 0.15) is 10.1 Å². The lowest BCUT2D eigenvalue weighted by Crippen LogP contribution is -1.94. The monoisotopic (exact) mass is 371 g/mol. The van der Waals surface area contributed by atoms with E-state index in [1.54, 1.807) is 32.1 Å². The van der Waals surface area contributed by atoms with Crippen molar-refractivity contribution in [2.45, 2.75) is 5.75 Å². The zero-order valence-electron chi connectivity index (χ0n) is 13.9. The third kappa shape index (κ3) is 4.27. The van der Waals surface area contributed by atoms with Gasteiger partial charge in [-0.2, -0.15) is 0 Å². The average Bonchev–Trinajstić information content (AvgIpc) is 3.00. The van der Waals surface area contributed by atoms with Crippen LogP contribution in [0.3, 0.4) is 0 Å². The van der Waals surface area contributed by atoms with Crippen molar-refractivity contribution in [2.24, 2.45) is 4.99 Å². The van der Waals surface area contributed by atoms with Crippen molar-refractivity contribution in [3.05, 3.63) is 65.4 Å². The van der Waals surface area contributed by atoms with Crippen LogP contribution in [-0.4, -0.2) is 23.7 Å². The van der Waals surface area contributed by atoms with Crippen LogP contribution >= 0.6 is 23.5 Å². The smallest absolute Gasteiger partial charge is 0.244 e. The second-order valence-corrected chi connectivity index (χ2v) is 7.34. The molecule has 4 nitrogen and oxygen atoms in total. The van der Waals surface area contributed by atoms with Gasteiger partial charge >= 0.3 is 0 Å². The molecule has 2 aromatic carbocycles. The minimum absolute atomic E-state index is 0.0552. The molecule has 0 N–H and O–H groups in total. The molecule has 0 fully saturated rings. The zero-order chi connectivity index (χ0) is 17.6. The molecule has 0 atom stereocenters. The van der Waals surface area contributed by atoms with Gasteiger partial charge in [-0.3, -0.25) is 4.79 Å². The third-order valence-electron chi connectivity index (χ3n) is 3.53. The first-order chi connectivity index (χ1) is 12.2. The molecule has 0 aliphatic carbocycles. The van der Waals surface area contributed by atoms with E-state index < -0.39 is 0 Å². The Balaban J connectivity index is 1.79. The molecule has 0 saturated heterocycles. The first-order valence-corrected chi connectivity index (χ1v) is 9.41. The molecule has 128 valence electrons. The van der Waals surface area contributed by atoms with E-state index in [0.717, 1.165) is 15.7 Å². The molecule has 1 heterocycles. The second-order valence-electron chi connectivity index (χ2n) is 5.15. The van der Waals surface area contributed by atoms with Crippen LogP contribution in [0.2, 0.25) is 0 Å². The number of benzene rings is 2. The minimum atomic E-state index is -0.0552. The van der Waals surface area contributed by atoms with Crippen LogP contribution in [0.15, 0.2) is 59.2 Å². The molecule has 6 heteroatoms. The molecular weight excluding hydrogens is 354 g/mol. The molecule has 0 radical (unpaired) electrons. The van der Waals surface area contributed by atoms with Crippen LogP contribution in [0.25, 0.3) is 6.08 Å². The van der Waals surface area contributed by atoms with E-state index in [2.05, 4.69) is 17.1 Å². The Kier molecular flexibility index (Phi) is 5.83. The maximum absolute atomic E-state index is 12.2. The lowest BCUT2D eigenvalue weighted by molar-refractivity contribution is -0.107. The summed E-state index contributed by atoms with van der Waals surface area (Å²) in [6, 6.07) is 15.7. The van der Waals surface area contributed by atoms with Crippen LogP contribution in [0, 0.1) is 0 Å². The molecule has 2 aromatic rings. The van der Waals surface area contributed by atoms with Crippen LogP contribution in [0.5, 0.6) is 11.5 Å². The molecule has 1 aliphatic heterocycles. The molecule has 25 heavy (non-hydrogen) atoms. The lowest BCUT2D eigenvalue weighted by Gasteiger charge is -2.09. The number of methoxy groups -OCH3 is 2. The summed E-state index contributed by atoms with van der Waals surface area (Å²) in [6.45, 7) is 0. The number of para-hydroxylation sites is 1. The highest BCUT2D eigenvalue weighted by molar-refractivity contribution is 8.45. The third-order valence-corrected chi connectivity index (χ3v) is 5.61. The number of carbonyl (C=O) groups excluding carboxylic acids is 1. The summed E-state index contributed by atoms with van der Waals surface area (Å²) in [4.78, 5) is 16.7. The lowest BCUT2D eigenvalue weighted by atomic mass is 10.1. The Bertz CT molecular complexity index is 832. The maximum atomic E-state index is 12.2. The van der Waals surface area contributed by atoms with Crippen LogP contribution in [0.4, 0.5) is 0 Å². The first kappa shape index (κ1) is 17.6. The Morgan fingerprint density at radius 2 is 1.88 bits per heavy atom. The Morgan fingerprint density at radius 1 is 1.08 bits per heavy atom. The zero-order valence-corrected chi connectivity index (χ0v) is 15.5. The van der Waals surface area contributed by atoms with Gasteiger partial charge < -0.3 is 9.47 Å². The number of nitrogens with zero attached hydrogens (tertiary/aromatic N) is 1. The highest BCUT2D eigenvalue weighted by Crippen LogP contribution is 2.36. The summed E-state index contributed by atoms with van der Waals surface area (Å²) >= 11 is 2.74. The molecule has 0 unspecified atom stereocenters. The van der Waals surface area contributed by atoms with Crippen molar-refractivity contribution in [1.82, 2.24) is 0 Å². The van der Waals surface area contributed by atoms with Gasteiger partial charge in [0.05, 0.1) is 14.2 Å². The summed E-state index contributed by atoms with van der Waals surface area (Å²) in [5.41, 5.74) is 2.39. The topological polar surface area (TPSA) is 47.9 Å². The SMILES string of the molecule is COc1cccc(/C=C2/N=C(SCc3ccccc3)SC2=O)c1OC. The largest absolute Gasteiger partial charge is 0.493 e. The second kappa shape index (κ2) is 8.27. The number of carbonyl (C=O) groups is 1. The van der Waals surface area contributed by atoms with Gasteiger partial charge in [-0.05, 0) is 29.5 Å². The highest BCUT2D eigenvalue weighted by atomic mass is 32.2. The standard InChI is InChI=1S/C19H17NO3S2/c1-22-16-10-6-9-14(17(16)23-2)11-15-18(21)25-19(20-15)24-12-13-7-4-3-5-8-13/h3-11H,12H2,1-2H3/b15-11+. The van der Waals surface area contributed by atoms with Gasteiger partial charge in [0, 0.05) is 11.3 Å². The van der Waals surface area contributed by atoms with Crippen molar-refractivity contribution >= 4 is 39.1 Å². The van der Waals surface area contributed by atoms with E-state index in [9.17, 15) is 4.79 Å². The van der Waals surface area contributed by atoms with E-state index in [4.69, 9.17) is 9.47 Å². The first-order valence-electron chi connectivity index (χ1n) is 7.61. The predicted octanol–water partition coefficient (Wildman–Crippen LogP) is 4.61. The number of ether oxygens (including phenoxy) is 2. The van der Waals surface area contributed by atoms with Gasteiger partial charge in [-0.15, -0.1) is 0 Å². The number of aliphatic imine (C=N–C) groups is 1. The van der Waals surface area contributed by atoms with E-state index in [1.165, 1.54) is 17.3 Å². The summed E-state index contributed by atoms with van der Waals surface area (Å²) in [5.74, 6) is 2.00. The summed E-state index contributed by atoms with van der Waals surface area (Å²) in [6.07, 6.45) is 1.74. The Labute approximate surface area is 155 Å². The Morgan fingerprint density at radius 3 is 2.60 bits per heavy atom. The summed E-state index contributed by atoms with van der Waals surface area (Å²) in [5, 5.41) is -0.0552. The van der Waals surface area contributed by atoms with Gasteiger partial charge in [0.2, 0.25) is 5.12 Å². The van der Waals surface area contributed by atoms with Crippen molar-refractivity contribution in [1.29, 1.82) is 0 Å². The summed E-state index contributed by atoms with van der Waals surface area (Å²) in [7, 11) is 3.16. The average molecular weight is 371 g/mol. The molecule has 0 saturated carbocycles.